The van der Waals surface area contributed by atoms with Gasteiger partial charge in [0.2, 0.25) is 5.91 Å². The van der Waals surface area contributed by atoms with Crippen molar-refractivity contribution in [3.8, 4) is 0 Å². The number of hydrogen-bond acceptors (Lipinski definition) is 4. The van der Waals surface area contributed by atoms with Crippen LogP contribution >= 0.6 is 24.0 Å². The first kappa shape index (κ1) is 20.5. The number of nitrogens with one attached hydrogen (secondary N) is 2. The Balaban J connectivity index is 0.00000288. The minimum atomic E-state index is -0.187. The van der Waals surface area contributed by atoms with Crippen molar-refractivity contribution in [3.05, 3.63) is 30.5 Å². The Morgan fingerprint density at radius 1 is 1.29 bits per heavy atom. The Labute approximate surface area is 153 Å². The van der Waals surface area contributed by atoms with Crippen LogP contribution in [-0.2, 0) is 9.53 Å². The molecule has 0 saturated carbocycles. The summed E-state index contributed by atoms with van der Waals surface area (Å²) in [4.78, 5) is 16.3. The number of carbonyl (C=O) groups is 1. The van der Waals surface area contributed by atoms with Crippen molar-refractivity contribution in [2.24, 2.45) is 0 Å². The van der Waals surface area contributed by atoms with Crippen LogP contribution in [0.2, 0.25) is 0 Å². The Morgan fingerprint density at radius 2 is 2.08 bits per heavy atom. The molecule has 0 fully saturated rings. The molecular weight excluding hydrogens is 349 g/mol. The van der Waals surface area contributed by atoms with Gasteiger partial charge in [-0.05, 0) is 25.8 Å². The van der Waals surface area contributed by atoms with E-state index in [0.717, 1.165) is 36.0 Å². The van der Waals surface area contributed by atoms with E-state index in [4.69, 9.17) is 16.3 Å². The number of halogens is 2. The van der Waals surface area contributed by atoms with Crippen LogP contribution in [0.4, 0.5) is 11.4 Å². The molecule has 1 aromatic carbocycles. The van der Waals surface area contributed by atoms with E-state index in [9.17, 15) is 4.79 Å². The van der Waals surface area contributed by atoms with Gasteiger partial charge in [0, 0.05) is 24.4 Å². The zero-order valence-electron chi connectivity index (χ0n) is 13.7. The molecule has 0 aliphatic heterocycles. The first-order valence-electron chi connectivity index (χ1n) is 7.81. The van der Waals surface area contributed by atoms with Gasteiger partial charge in [0.25, 0.3) is 0 Å². The number of unbranched alkanes of at least 4 members (excludes halogenated alkanes) is 1. The van der Waals surface area contributed by atoms with E-state index in [-0.39, 0.29) is 24.9 Å². The van der Waals surface area contributed by atoms with Crippen LogP contribution in [0.15, 0.2) is 30.5 Å². The second-order valence-electron chi connectivity index (χ2n) is 5.07. The summed E-state index contributed by atoms with van der Waals surface area (Å²) in [6.45, 7) is 3.19. The number of benzene rings is 1. The number of hydrogen-bond donors (Lipinski definition) is 2. The number of carbonyl (C=O) groups excluding carboxylic acids is 1. The SMILES string of the molecule is CCOCC(=O)Nc1cnc2ccccc2c1NCCCCCl.Cl. The van der Waals surface area contributed by atoms with Gasteiger partial charge >= 0.3 is 0 Å². The van der Waals surface area contributed by atoms with Crippen LogP contribution < -0.4 is 10.6 Å². The van der Waals surface area contributed by atoms with Gasteiger partial charge in [-0.3, -0.25) is 9.78 Å². The molecule has 0 saturated heterocycles. The van der Waals surface area contributed by atoms with Crippen molar-refractivity contribution in [2.75, 3.05) is 36.3 Å². The number of rotatable bonds is 9. The fourth-order valence-electron chi connectivity index (χ4n) is 2.24. The van der Waals surface area contributed by atoms with Crippen molar-refractivity contribution < 1.29 is 9.53 Å². The van der Waals surface area contributed by atoms with Crippen LogP contribution in [0.1, 0.15) is 19.8 Å². The van der Waals surface area contributed by atoms with Crippen LogP contribution in [-0.4, -0.2) is 36.5 Å². The first-order chi connectivity index (χ1) is 11.3. The maximum Gasteiger partial charge on any atom is 0.250 e. The van der Waals surface area contributed by atoms with Crippen LogP contribution in [0, 0.1) is 0 Å². The summed E-state index contributed by atoms with van der Waals surface area (Å²) in [6, 6.07) is 7.84. The van der Waals surface area contributed by atoms with Crippen LogP contribution in [0.3, 0.4) is 0 Å². The summed E-state index contributed by atoms with van der Waals surface area (Å²) in [5, 5.41) is 7.24. The van der Waals surface area contributed by atoms with Crippen molar-refractivity contribution in [1.29, 1.82) is 0 Å². The Kier molecular flexibility index (Phi) is 9.45. The lowest BCUT2D eigenvalue weighted by molar-refractivity contribution is -0.120. The number of aromatic nitrogens is 1. The molecule has 2 N–H and O–H groups in total. The molecule has 1 amide bonds. The summed E-state index contributed by atoms with van der Waals surface area (Å²) in [6.07, 6.45) is 3.59. The number of ether oxygens (including phenoxy) is 1. The molecule has 1 aromatic heterocycles. The van der Waals surface area contributed by atoms with Crippen molar-refractivity contribution in [3.63, 3.8) is 0 Å². The van der Waals surface area contributed by atoms with Crippen molar-refractivity contribution >= 4 is 52.2 Å². The normalized spacial score (nSPS) is 10.2. The molecule has 0 aliphatic rings. The fraction of sp³-hybridized carbons (Fsp3) is 0.412. The molecule has 0 spiro atoms. The van der Waals surface area contributed by atoms with Gasteiger partial charge in [0.15, 0.2) is 0 Å². The molecule has 132 valence electrons. The molecule has 0 aliphatic carbocycles. The Hall–Kier alpha value is -1.56. The second kappa shape index (κ2) is 11.1. The number of nitrogens with zero attached hydrogens (tertiary/aromatic N) is 1. The first-order valence-corrected chi connectivity index (χ1v) is 8.35. The van der Waals surface area contributed by atoms with E-state index < -0.39 is 0 Å². The van der Waals surface area contributed by atoms with Gasteiger partial charge in [-0.25, -0.2) is 0 Å². The van der Waals surface area contributed by atoms with Gasteiger partial charge < -0.3 is 15.4 Å². The maximum atomic E-state index is 11.9. The summed E-state index contributed by atoms with van der Waals surface area (Å²) in [5.41, 5.74) is 2.43. The predicted octanol–water partition coefficient (Wildman–Crippen LogP) is 4.06. The van der Waals surface area contributed by atoms with Gasteiger partial charge in [-0.15, -0.1) is 24.0 Å². The lowest BCUT2D eigenvalue weighted by Crippen LogP contribution is -2.19. The third-order valence-electron chi connectivity index (χ3n) is 3.35. The third-order valence-corrected chi connectivity index (χ3v) is 3.62. The van der Waals surface area contributed by atoms with Crippen LogP contribution in [0.5, 0.6) is 0 Å². The molecule has 2 rings (SSSR count). The van der Waals surface area contributed by atoms with Gasteiger partial charge in [-0.1, -0.05) is 18.2 Å². The predicted molar refractivity (Wildman–Crippen MR) is 103 cm³/mol. The molecule has 2 aromatic rings. The molecule has 24 heavy (non-hydrogen) atoms. The molecule has 5 nitrogen and oxygen atoms in total. The van der Waals surface area contributed by atoms with Gasteiger partial charge in [-0.2, -0.15) is 0 Å². The number of para-hydroxylation sites is 1. The van der Waals surface area contributed by atoms with Crippen molar-refractivity contribution in [1.82, 2.24) is 4.98 Å². The standard InChI is InChI=1S/C17H22ClN3O2.ClH/c1-2-23-12-16(22)21-15-11-20-14-8-4-3-7-13(14)17(15)19-10-6-5-9-18;/h3-4,7-8,11H,2,5-6,9-10,12H2,1H3,(H,19,20)(H,21,22);1H. The molecule has 7 heteroatoms. The number of fused-ring (bicyclic) bond motifs is 1. The molecule has 0 atom stereocenters. The Morgan fingerprint density at radius 3 is 2.83 bits per heavy atom. The Bertz CT molecular complexity index is 653. The average Bonchev–Trinajstić information content (AvgIpc) is 2.58. The number of alkyl halides is 1. The molecule has 0 radical (unpaired) electrons. The monoisotopic (exact) mass is 371 g/mol. The molecule has 1 heterocycles. The van der Waals surface area contributed by atoms with E-state index in [2.05, 4.69) is 15.6 Å². The topological polar surface area (TPSA) is 63.2 Å². The summed E-state index contributed by atoms with van der Waals surface area (Å²) in [5.74, 6) is 0.462. The number of pyridine rings is 1. The minimum Gasteiger partial charge on any atom is -0.383 e. The van der Waals surface area contributed by atoms with Gasteiger partial charge in [0.05, 0.1) is 23.1 Å². The van der Waals surface area contributed by atoms with Gasteiger partial charge in [0.1, 0.15) is 6.61 Å². The molecule has 0 unspecified atom stereocenters. The highest BCUT2D eigenvalue weighted by atomic mass is 35.5. The summed E-state index contributed by atoms with van der Waals surface area (Å²) >= 11 is 5.72. The molecular formula is C17H23Cl2N3O2. The smallest absolute Gasteiger partial charge is 0.250 e. The number of anilines is 2. The van der Waals surface area contributed by atoms with E-state index in [0.29, 0.717) is 18.2 Å². The average molecular weight is 372 g/mol. The minimum absolute atomic E-state index is 0. The van der Waals surface area contributed by atoms with E-state index in [1.54, 1.807) is 6.20 Å². The lowest BCUT2D eigenvalue weighted by atomic mass is 10.1. The quantitative estimate of drug-likeness (QED) is 0.515. The third kappa shape index (κ3) is 5.82. The largest absolute Gasteiger partial charge is 0.383 e. The van der Waals surface area contributed by atoms with Crippen molar-refractivity contribution in [2.45, 2.75) is 19.8 Å². The zero-order valence-corrected chi connectivity index (χ0v) is 15.3. The molecule has 0 bridgehead atoms. The fourth-order valence-corrected chi connectivity index (χ4v) is 2.43. The second-order valence-corrected chi connectivity index (χ2v) is 5.45. The summed E-state index contributed by atoms with van der Waals surface area (Å²) in [7, 11) is 0. The highest BCUT2D eigenvalue weighted by molar-refractivity contribution is 6.17. The number of amides is 1. The maximum absolute atomic E-state index is 11.9. The van der Waals surface area contributed by atoms with E-state index >= 15 is 0 Å². The lowest BCUT2D eigenvalue weighted by Gasteiger charge is -2.15. The van der Waals surface area contributed by atoms with E-state index in [1.165, 1.54) is 0 Å². The van der Waals surface area contributed by atoms with Crippen LogP contribution in [0.25, 0.3) is 10.9 Å². The zero-order chi connectivity index (χ0) is 16.5. The highest BCUT2D eigenvalue weighted by Crippen LogP contribution is 2.29. The highest BCUT2D eigenvalue weighted by Gasteiger charge is 2.11. The van der Waals surface area contributed by atoms with E-state index in [1.807, 2.05) is 31.2 Å². The summed E-state index contributed by atoms with van der Waals surface area (Å²) < 4.78 is 5.14.